The molecule has 1 radical (unpaired) electrons. The molecule has 4 saturated heterocycles. The van der Waals surface area contributed by atoms with Crippen molar-refractivity contribution in [3.63, 3.8) is 0 Å². The molecule has 0 aromatic heterocycles. The van der Waals surface area contributed by atoms with E-state index in [-0.39, 0.29) is 30.9 Å². The van der Waals surface area contributed by atoms with Crippen molar-refractivity contribution in [1.29, 1.82) is 0 Å². The third-order valence-corrected chi connectivity index (χ3v) is 9.37. The number of hydrogen-bond donors (Lipinski definition) is 2. The Labute approximate surface area is 280 Å². The van der Waals surface area contributed by atoms with E-state index in [1.165, 1.54) is 12.8 Å². The maximum Gasteiger partial charge on any atom is 0.129 e. The summed E-state index contributed by atoms with van der Waals surface area (Å²) in [5.74, 6) is 0.875. The Kier molecular flexibility index (Phi) is 11.4. The maximum atomic E-state index is 10.8. The predicted octanol–water partition coefficient (Wildman–Crippen LogP) is 7.00. The summed E-state index contributed by atoms with van der Waals surface area (Å²) in [6.07, 6.45) is 2.97. The fourth-order valence-electron chi connectivity index (χ4n) is 7.38. The van der Waals surface area contributed by atoms with E-state index in [1.54, 1.807) is 6.92 Å². The van der Waals surface area contributed by atoms with Gasteiger partial charge in [0.15, 0.2) is 0 Å². The van der Waals surface area contributed by atoms with Crippen molar-refractivity contribution in [1.82, 2.24) is 19.6 Å². The molecule has 4 heterocycles. The van der Waals surface area contributed by atoms with Gasteiger partial charge in [-0.05, 0) is 24.0 Å². The van der Waals surface area contributed by atoms with Gasteiger partial charge in [-0.3, -0.25) is 19.6 Å². The van der Waals surface area contributed by atoms with Crippen molar-refractivity contribution in [3.05, 3.63) is 115 Å². The minimum atomic E-state index is 0. The summed E-state index contributed by atoms with van der Waals surface area (Å²) in [5, 5.41) is 21.6. The van der Waals surface area contributed by atoms with Crippen LogP contribution in [-0.2, 0) is 18.6 Å². The quantitative estimate of drug-likeness (QED) is 0.235. The molecule has 6 nitrogen and oxygen atoms in total. The second-order valence-corrected chi connectivity index (χ2v) is 11.8. The molecule has 4 fully saturated rings. The van der Waals surface area contributed by atoms with Crippen LogP contribution >= 0.6 is 0 Å². The van der Waals surface area contributed by atoms with E-state index in [0.29, 0.717) is 11.5 Å². The number of hydrogen-bond acceptors (Lipinski definition) is 6. The Morgan fingerprint density at radius 3 is 1.13 bits per heavy atom. The molecule has 0 aliphatic carbocycles. The van der Waals surface area contributed by atoms with E-state index in [4.69, 9.17) is 0 Å². The number of benzene rings is 4. The van der Waals surface area contributed by atoms with Crippen molar-refractivity contribution in [2.24, 2.45) is 0 Å². The first-order chi connectivity index (χ1) is 21.7. The van der Waals surface area contributed by atoms with E-state index < -0.39 is 0 Å². The zero-order valence-corrected chi connectivity index (χ0v) is 27.7. The van der Waals surface area contributed by atoms with Gasteiger partial charge in [-0.2, -0.15) is 6.92 Å². The molecule has 0 saturated carbocycles. The smallest absolute Gasteiger partial charge is 0.129 e. The number of phenols is 2. The fraction of sp³-hybridized carbons (Fsp3) is 0.342. The molecule has 8 rings (SSSR count). The molecule has 4 unspecified atom stereocenters. The minimum Gasteiger partial charge on any atom is -0.507 e. The van der Waals surface area contributed by atoms with E-state index in [2.05, 4.69) is 75.1 Å². The van der Waals surface area contributed by atoms with Crippen LogP contribution in [0.1, 0.15) is 43.2 Å². The van der Waals surface area contributed by atoms with Gasteiger partial charge in [0.05, 0.1) is 12.3 Å². The zero-order chi connectivity index (χ0) is 30.5. The predicted molar refractivity (Wildman–Crippen MR) is 179 cm³/mol. The average Bonchev–Trinajstić information content (AvgIpc) is 3.46. The van der Waals surface area contributed by atoms with Crippen molar-refractivity contribution in [2.75, 3.05) is 52.4 Å². The van der Waals surface area contributed by atoms with Crippen LogP contribution in [0, 0.1) is 6.92 Å². The number of rotatable bonds is 4. The van der Waals surface area contributed by atoms with Crippen molar-refractivity contribution in [2.45, 2.75) is 32.1 Å². The van der Waals surface area contributed by atoms with Crippen LogP contribution in [0.3, 0.4) is 0 Å². The Morgan fingerprint density at radius 1 is 0.467 bits per heavy atom. The zero-order valence-electron chi connectivity index (χ0n) is 26.3. The van der Waals surface area contributed by atoms with Crippen LogP contribution in [0.4, 0.5) is 0 Å². The fourth-order valence-corrected chi connectivity index (χ4v) is 7.38. The van der Waals surface area contributed by atoms with E-state index >= 15 is 0 Å². The summed E-state index contributed by atoms with van der Waals surface area (Å²) in [6, 6.07) is 32.5. The molecular formula is C38H45N4O2V-. The molecule has 4 aliphatic rings. The molecule has 45 heavy (non-hydrogen) atoms. The van der Waals surface area contributed by atoms with E-state index in [1.807, 2.05) is 48.5 Å². The van der Waals surface area contributed by atoms with Gasteiger partial charge in [0.25, 0.3) is 0 Å². The molecule has 4 atom stereocenters. The average molecular weight is 641 g/mol. The second kappa shape index (κ2) is 15.5. The number of para-hydroxylation sites is 2. The van der Waals surface area contributed by atoms with Crippen molar-refractivity contribution >= 4 is 0 Å². The molecule has 0 amide bonds. The SMILES string of the molecule is Oc1c(-c2ccccc2)cccc1C1N2CCCN1CC2.Oc1c(-c2ccccc2)cccc1C1N2CCCN1CC2.[CH2-]C.[V]. The van der Waals surface area contributed by atoms with Crippen LogP contribution < -0.4 is 0 Å². The van der Waals surface area contributed by atoms with Crippen LogP contribution in [0.15, 0.2) is 97.1 Å². The summed E-state index contributed by atoms with van der Waals surface area (Å²) in [7, 11) is 0. The summed E-state index contributed by atoms with van der Waals surface area (Å²) < 4.78 is 0. The molecule has 4 aromatic rings. The summed E-state index contributed by atoms with van der Waals surface area (Å²) in [6.45, 7) is 14.0. The van der Waals surface area contributed by atoms with Gasteiger partial charge in [-0.1, -0.05) is 97.1 Å². The molecule has 4 aliphatic heterocycles. The molecule has 235 valence electrons. The second-order valence-electron chi connectivity index (χ2n) is 11.8. The minimum absolute atomic E-state index is 0. The topological polar surface area (TPSA) is 53.4 Å². The number of phenolic OH excluding ortho intramolecular Hbond substituents is 2. The number of fused-ring (bicyclic) bond motifs is 4. The summed E-state index contributed by atoms with van der Waals surface area (Å²) >= 11 is 0. The van der Waals surface area contributed by atoms with Crippen LogP contribution in [0.25, 0.3) is 22.3 Å². The van der Waals surface area contributed by atoms with Crippen LogP contribution in [0.5, 0.6) is 11.5 Å². The van der Waals surface area contributed by atoms with Crippen LogP contribution in [-0.4, -0.2) is 82.2 Å². The Bertz CT molecular complexity index is 1370. The molecule has 4 bridgehead atoms. The van der Waals surface area contributed by atoms with Gasteiger partial charge < -0.3 is 17.1 Å². The monoisotopic (exact) mass is 640 g/mol. The van der Waals surface area contributed by atoms with Gasteiger partial charge in [0.2, 0.25) is 0 Å². The van der Waals surface area contributed by atoms with Crippen molar-refractivity contribution in [3.8, 4) is 33.8 Å². The van der Waals surface area contributed by atoms with Gasteiger partial charge >= 0.3 is 0 Å². The largest absolute Gasteiger partial charge is 0.507 e. The number of nitrogens with zero attached hydrogens (tertiary/aromatic N) is 4. The summed E-state index contributed by atoms with van der Waals surface area (Å²) in [4.78, 5) is 9.92. The maximum absolute atomic E-state index is 10.8. The normalized spacial score (nSPS) is 26.0. The van der Waals surface area contributed by atoms with Gasteiger partial charge in [0, 0.05) is 93.2 Å². The first kappa shape index (κ1) is 33.3. The van der Waals surface area contributed by atoms with Crippen LogP contribution in [0.2, 0.25) is 0 Å². The van der Waals surface area contributed by atoms with Gasteiger partial charge in [-0.15, -0.1) is 0 Å². The molecule has 2 N–H and O–H groups in total. The Hall–Kier alpha value is -3.10. The Balaban J connectivity index is 0.000000165. The Morgan fingerprint density at radius 2 is 0.800 bits per heavy atom. The molecule has 7 heteroatoms. The molecular weight excluding hydrogens is 595 g/mol. The third-order valence-electron chi connectivity index (χ3n) is 9.37. The number of aromatic hydroxyl groups is 2. The molecule has 4 aromatic carbocycles. The van der Waals surface area contributed by atoms with Gasteiger partial charge in [0.1, 0.15) is 11.5 Å². The van der Waals surface area contributed by atoms with E-state index in [0.717, 1.165) is 85.7 Å². The van der Waals surface area contributed by atoms with Crippen molar-refractivity contribution < 1.29 is 28.8 Å². The van der Waals surface area contributed by atoms with Gasteiger partial charge in [-0.25, -0.2) is 0 Å². The first-order valence-corrected chi connectivity index (χ1v) is 16.1. The first-order valence-electron chi connectivity index (χ1n) is 16.1. The van der Waals surface area contributed by atoms with E-state index in [9.17, 15) is 10.2 Å². The standard InChI is InChI=1S/2C18H20N2O.C2H5.V/c2*21-17-15(14-6-2-1-3-7-14)8-4-9-16(17)18-19-10-5-11-20(18)13-12-19;1-2;/h2*1-4,6-9,18,21H,5,10-13H2;1H2,2H3;/q;;-1;. The third kappa shape index (κ3) is 6.87. The summed E-state index contributed by atoms with van der Waals surface area (Å²) in [5.41, 5.74) is 6.11. The molecule has 0 spiro atoms.